The first-order valence-corrected chi connectivity index (χ1v) is 8.79. The van der Waals surface area contributed by atoms with E-state index in [0.29, 0.717) is 23.3 Å². The van der Waals surface area contributed by atoms with Gasteiger partial charge in [-0.3, -0.25) is 4.79 Å². The Morgan fingerprint density at radius 1 is 1.50 bits per heavy atom. The van der Waals surface area contributed by atoms with Crippen LogP contribution >= 0.6 is 11.3 Å². The Bertz CT molecular complexity index is 962. The molecule has 3 aromatic heterocycles. The molecule has 3 heterocycles. The number of nitrogens with one attached hydrogen (secondary N) is 1. The zero-order chi connectivity index (χ0) is 18.7. The number of amides is 1. The van der Waals surface area contributed by atoms with Crippen LogP contribution in [0.25, 0.3) is 21.7 Å². The third-order valence-corrected chi connectivity index (χ3v) is 4.58. The number of thiophene rings is 1. The van der Waals surface area contributed by atoms with Gasteiger partial charge in [-0.1, -0.05) is 17.3 Å². The molecule has 0 unspecified atom stereocenters. The number of esters is 1. The summed E-state index contributed by atoms with van der Waals surface area (Å²) in [6.45, 7) is 7.05. The molecule has 3 rings (SSSR count). The molecule has 0 aliphatic rings. The van der Waals surface area contributed by atoms with Crippen LogP contribution in [-0.4, -0.2) is 34.7 Å². The van der Waals surface area contributed by atoms with E-state index in [1.54, 1.807) is 19.1 Å². The van der Waals surface area contributed by atoms with Crippen LogP contribution in [0.5, 0.6) is 0 Å². The van der Waals surface area contributed by atoms with Gasteiger partial charge >= 0.3 is 5.97 Å². The van der Waals surface area contributed by atoms with Gasteiger partial charge in [-0.25, -0.2) is 9.78 Å². The van der Waals surface area contributed by atoms with Crippen LogP contribution in [0.2, 0.25) is 0 Å². The molecule has 0 radical (unpaired) electrons. The molecule has 8 heteroatoms. The molecule has 26 heavy (non-hydrogen) atoms. The second-order valence-corrected chi connectivity index (χ2v) is 6.51. The van der Waals surface area contributed by atoms with Gasteiger partial charge in [-0.15, -0.1) is 17.9 Å². The van der Waals surface area contributed by atoms with Gasteiger partial charge in [-0.2, -0.15) is 0 Å². The fraction of sp³-hybridized carbons (Fsp3) is 0.222. The van der Waals surface area contributed by atoms with Crippen molar-refractivity contribution in [2.24, 2.45) is 0 Å². The van der Waals surface area contributed by atoms with Crippen LogP contribution in [0.4, 0.5) is 0 Å². The largest absolute Gasteiger partial charge is 0.449 e. The normalized spacial score (nSPS) is 11.9. The van der Waals surface area contributed by atoms with Crippen molar-refractivity contribution in [2.45, 2.75) is 20.0 Å². The predicted molar refractivity (Wildman–Crippen MR) is 97.9 cm³/mol. The maximum Gasteiger partial charge on any atom is 0.339 e. The molecule has 1 atom stereocenters. The Labute approximate surface area is 153 Å². The molecular weight excluding hydrogens is 354 g/mol. The number of carbonyl (C=O) groups is 2. The maximum absolute atomic E-state index is 12.7. The molecule has 1 amide bonds. The molecule has 0 saturated carbocycles. The number of hydrogen-bond acceptors (Lipinski definition) is 7. The van der Waals surface area contributed by atoms with Gasteiger partial charge in [0.05, 0.1) is 27.2 Å². The molecule has 0 aromatic carbocycles. The van der Waals surface area contributed by atoms with E-state index in [1.807, 2.05) is 17.5 Å². The Hall–Kier alpha value is -3.00. The molecule has 3 aromatic rings. The van der Waals surface area contributed by atoms with E-state index in [4.69, 9.17) is 9.26 Å². The summed E-state index contributed by atoms with van der Waals surface area (Å²) in [4.78, 5) is 29.9. The summed E-state index contributed by atoms with van der Waals surface area (Å²) in [5.41, 5.74) is 1.63. The molecule has 0 spiro atoms. The standard InChI is InChI=1S/C18H17N3O4S/c1-4-7-19-16(22)11(3)24-18(23)12-9-13(14-6-5-8-26-14)20-17-15(12)10(2)21-25-17/h4-6,8-9,11H,1,7H2,2-3H3,(H,19,22)/t11-/m0/s1. The van der Waals surface area contributed by atoms with Gasteiger partial charge in [0.2, 0.25) is 0 Å². The number of rotatable bonds is 6. The number of aryl methyl sites for hydroxylation is 1. The van der Waals surface area contributed by atoms with Crippen LogP contribution in [0.1, 0.15) is 23.0 Å². The van der Waals surface area contributed by atoms with Crippen LogP contribution in [0.3, 0.4) is 0 Å². The van der Waals surface area contributed by atoms with E-state index < -0.39 is 18.0 Å². The summed E-state index contributed by atoms with van der Waals surface area (Å²) in [7, 11) is 0. The molecule has 1 N–H and O–H groups in total. The summed E-state index contributed by atoms with van der Waals surface area (Å²) in [5, 5.41) is 8.87. The van der Waals surface area contributed by atoms with Crippen molar-refractivity contribution in [3.63, 3.8) is 0 Å². The van der Waals surface area contributed by atoms with Gasteiger partial charge in [0, 0.05) is 6.54 Å². The van der Waals surface area contributed by atoms with Gasteiger partial charge in [0.25, 0.3) is 11.6 Å². The first-order valence-electron chi connectivity index (χ1n) is 7.91. The van der Waals surface area contributed by atoms with Gasteiger partial charge in [0.1, 0.15) is 0 Å². The van der Waals surface area contributed by atoms with Gasteiger partial charge < -0.3 is 14.6 Å². The van der Waals surface area contributed by atoms with Gasteiger partial charge in [0.15, 0.2) is 6.10 Å². The zero-order valence-electron chi connectivity index (χ0n) is 14.3. The predicted octanol–water partition coefficient (Wildman–Crippen LogP) is 3.11. The number of pyridine rings is 1. The average Bonchev–Trinajstić information content (AvgIpc) is 3.29. The Morgan fingerprint density at radius 3 is 3.00 bits per heavy atom. The fourth-order valence-electron chi connectivity index (χ4n) is 2.40. The van der Waals surface area contributed by atoms with Crippen molar-refractivity contribution >= 4 is 34.3 Å². The molecule has 0 bridgehead atoms. The molecule has 0 aliphatic heterocycles. The summed E-state index contributed by atoms with van der Waals surface area (Å²) in [6.07, 6.45) is 0.600. The summed E-state index contributed by atoms with van der Waals surface area (Å²) >= 11 is 1.49. The Balaban J connectivity index is 1.95. The number of aromatic nitrogens is 2. The lowest BCUT2D eigenvalue weighted by molar-refractivity contribution is -0.128. The number of ether oxygens (including phenoxy) is 1. The third-order valence-electron chi connectivity index (χ3n) is 3.68. The number of fused-ring (bicyclic) bond motifs is 1. The van der Waals surface area contributed by atoms with Gasteiger partial charge in [-0.05, 0) is 31.4 Å². The van der Waals surface area contributed by atoms with Crippen LogP contribution in [-0.2, 0) is 9.53 Å². The van der Waals surface area contributed by atoms with E-state index in [1.165, 1.54) is 18.3 Å². The number of hydrogen-bond donors (Lipinski definition) is 1. The zero-order valence-corrected chi connectivity index (χ0v) is 15.1. The van der Waals surface area contributed by atoms with Crippen molar-refractivity contribution in [1.29, 1.82) is 0 Å². The average molecular weight is 371 g/mol. The van der Waals surface area contributed by atoms with E-state index in [0.717, 1.165) is 4.88 Å². The quantitative estimate of drug-likeness (QED) is 0.528. The minimum absolute atomic E-state index is 0.254. The second-order valence-electron chi connectivity index (χ2n) is 5.56. The highest BCUT2D eigenvalue weighted by Crippen LogP contribution is 2.29. The maximum atomic E-state index is 12.7. The molecule has 0 saturated heterocycles. The summed E-state index contributed by atoms with van der Waals surface area (Å²) in [6, 6.07) is 5.42. The van der Waals surface area contributed by atoms with Crippen LogP contribution < -0.4 is 5.32 Å². The van der Waals surface area contributed by atoms with E-state index in [2.05, 4.69) is 22.0 Å². The summed E-state index contributed by atoms with van der Waals surface area (Å²) < 4.78 is 10.6. The minimum Gasteiger partial charge on any atom is -0.449 e. The highest BCUT2D eigenvalue weighted by atomic mass is 32.1. The van der Waals surface area contributed by atoms with Crippen molar-refractivity contribution in [3.05, 3.63) is 47.5 Å². The molecule has 0 fully saturated rings. The highest BCUT2D eigenvalue weighted by Gasteiger charge is 2.24. The number of nitrogens with zero attached hydrogens (tertiary/aromatic N) is 2. The van der Waals surface area contributed by atoms with Crippen LogP contribution in [0, 0.1) is 6.92 Å². The lowest BCUT2D eigenvalue weighted by atomic mass is 10.1. The van der Waals surface area contributed by atoms with E-state index >= 15 is 0 Å². The van der Waals surface area contributed by atoms with Crippen LogP contribution in [0.15, 0.2) is 40.8 Å². The second kappa shape index (κ2) is 7.49. The monoisotopic (exact) mass is 371 g/mol. The van der Waals surface area contributed by atoms with E-state index in [9.17, 15) is 9.59 Å². The first-order chi connectivity index (χ1) is 12.5. The molecular formula is C18H17N3O4S. The minimum atomic E-state index is -0.948. The van der Waals surface area contributed by atoms with E-state index in [-0.39, 0.29) is 11.3 Å². The Morgan fingerprint density at radius 2 is 2.31 bits per heavy atom. The van der Waals surface area contributed by atoms with Crippen molar-refractivity contribution in [3.8, 4) is 10.6 Å². The topological polar surface area (TPSA) is 94.3 Å². The first kappa shape index (κ1) is 17.8. The molecule has 134 valence electrons. The fourth-order valence-corrected chi connectivity index (χ4v) is 3.09. The third kappa shape index (κ3) is 3.50. The Kier molecular flexibility index (Phi) is 5.13. The van der Waals surface area contributed by atoms with Crippen molar-refractivity contribution < 1.29 is 18.8 Å². The van der Waals surface area contributed by atoms with Crippen molar-refractivity contribution in [2.75, 3.05) is 6.54 Å². The summed E-state index contributed by atoms with van der Waals surface area (Å²) in [5.74, 6) is -1.04. The lowest BCUT2D eigenvalue weighted by Gasteiger charge is -2.13. The highest BCUT2D eigenvalue weighted by molar-refractivity contribution is 7.13. The smallest absolute Gasteiger partial charge is 0.339 e. The SMILES string of the molecule is C=CCNC(=O)[C@H](C)OC(=O)c1cc(-c2cccs2)nc2onc(C)c12. The molecule has 7 nitrogen and oxygen atoms in total. The lowest BCUT2D eigenvalue weighted by Crippen LogP contribution is -2.35. The number of carbonyl (C=O) groups excluding carboxylic acids is 2. The van der Waals surface area contributed by atoms with Crippen molar-refractivity contribution in [1.82, 2.24) is 15.5 Å². The molecule has 0 aliphatic carbocycles.